The molecular weight excluding hydrogens is 462 g/mol. The molecule has 0 amide bonds. The number of rotatable bonds is 6. The number of pyridine rings is 1. The van der Waals surface area contributed by atoms with Crippen molar-refractivity contribution in [3.63, 3.8) is 0 Å². The lowest BCUT2D eigenvalue weighted by Gasteiger charge is -2.15. The maximum atomic E-state index is 13.9. The third-order valence-electron chi connectivity index (χ3n) is 5.38. The van der Waals surface area contributed by atoms with Crippen LogP contribution in [0.5, 0.6) is 0 Å². The molecular formula is C26H17F4N3O2. The summed E-state index contributed by atoms with van der Waals surface area (Å²) >= 11 is 0. The van der Waals surface area contributed by atoms with Crippen molar-refractivity contribution in [1.82, 2.24) is 4.98 Å². The van der Waals surface area contributed by atoms with Gasteiger partial charge in [0.25, 0.3) is 0 Å². The SMILES string of the molecule is N#Cc1c(-c2ccc(-c3cccc(C(F)(F)F)c3)cc2)nc2ccc(F)cc2c1NCCC(=O)O. The van der Waals surface area contributed by atoms with Crippen LogP contribution >= 0.6 is 0 Å². The Morgan fingerprint density at radius 2 is 1.71 bits per heavy atom. The van der Waals surface area contributed by atoms with E-state index in [9.17, 15) is 27.6 Å². The number of benzene rings is 3. The van der Waals surface area contributed by atoms with Crippen molar-refractivity contribution in [3.8, 4) is 28.5 Å². The largest absolute Gasteiger partial charge is 0.481 e. The molecule has 4 aromatic rings. The molecule has 3 aromatic carbocycles. The molecule has 9 heteroatoms. The standard InChI is InChI=1S/C26H17F4N3O2/c27-19-8-9-22-20(13-19)25(32-11-10-23(34)35)21(14-31)24(33-22)16-6-4-15(5-7-16)17-2-1-3-18(12-17)26(28,29)30/h1-9,12-13H,10-11H2,(H,32,33)(H,34,35). The maximum absolute atomic E-state index is 13.9. The zero-order valence-electron chi connectivity index (χ0n) is 18.0. The van der Waals surface area contributed by atoms with Gasteiger partial charge >= 0.3 is 12.1 Å². The molecule has 0 atom stereocenters. The van der Waals surface area contributed by atoms with Crippen molar-refractivity contribution >= 4 is 22.6 Å². The van der Waals surface area contributed by atoms with Crippen molar-refractivity contribution in [2.45, 2.75) is 12.6 Å². The Morgan fingerprint density at radius 3 is 2.37 bits per heavy atom. The fraction of sp³-hybridized carbons (Fsp3) is 0.115. The van der Waals surface area contributed by atoms with E-state index in [0.717, 1.165) is 12.1 Å². The summed E-state index contributed by atoms with van der Waals surface area (Å²) in [6, 6.07) is 17.4. The molecule has 4 rings (SSSR count). The lowest BCUT2D eigenvalue weighted by Crippen LogP contribution is -2.10. The number of carboxylic acids is 1. The van der Waals surface area contributed by atoms with E-state index in [4.69, 9.17) is 5.11 Å². The van der Waals surface area contributed by atoms with E-state index in [2.05, 4.69) is 16.4 Å². The van der Waals surface area contributed by atoms with Crippen molar-refractivity contribution in [3.05, 3.63) is 83.7 Å². The average Bonchev–Trinajstić information content (AvgIpc) is 2.83. The lowest BCUT2D eigenvalue weighted by atomic mass is 9.98. The van der Waals surface area contributed by atoms with Crippen LogP contribution < -0.4 is 5.32 Å². The topological polar surface area (TPSA) is 86.0 Å². The molecule has 0 aliphatic carbocycles. The van der Waals surface area contributed by atoms with Crippen LogP contribution in [0, 0.1) is 17.1 Å². The van der Waals surface area contributed by atoms with Crippen LogP contribution in [0.1, 0.15) is 17.5 Å². The van der Waals surface area contributed by atoms with E-state index < -0.39 is 23.5 Å². The Morgan fingerprint density at radius 1 is 1.00 bits per heavy atom. The van der Waals surface area contributed by atoms with E-state index >= 15 is 0 Å². The van der Waals surface area contributed by atoms with Gasteiger partial charge in [0, 0.05) is 17.5 Å². The number of aliphatic carboxylic acids is 1. The highest BCUT2D eigenvalue weighted by atomic mass is 19.4. The molecule has 35 heavy (non-hydrogen) atoms. The third kappa shape index (κ3) is 5.06. The first-order chi connectivity index (χ1) is 16.7. The molecule has 0 saturated carbocycles. The molecule has 1 heterocycles. The molecule has 0 fully saturated rings. The number of aromatic nitrogens is 1. The number of nitrogens with one attached hydrogen (secondary N) is 1. The van der Waals surface area contributed by atoms with E-state index in [1.807, 2.05) is 0 Å². The minimum atomic E-state index is -4.46. The normalized spacial score (nSPS) is 11.3. The summed E-state index contributed by atoms with van der Waals surface area (Å²) in [5, 5.41) is 22.1. The summed E-state index contributed by atoms with van der Waals surface area (Å²) in [6.45, 7) is 0.00750. The number of nitrogens with zero attached hydrogens (tertiary/aromatic N) is 2. The fourth-order valence-electron chi connectivity index (χ4n) is 3.73. The molecule has 0 radical (unpaired) electrons. The number of halogens is 4. The highest BCUT2D eigenvalue weighted by Crippen LogP contribution is 2.36. The van der Waals surface area contributed by atoms with Gasteiger partial charge in [-0.1, -0.05) is 36.4 Å². The van der Waals surface area contributed by atoms with Gasteiger partial charge in [0.15, 0.2) is 0 Å². The van der Waals surface area contributed by atoms with Gasteiger partial charge in [0.2, 0.25) is 0 Å². The number of nitriles is 1. The minimum Gasteiger partial charge on any atom is -0.481 e. The van der Waals surface area contributed by atoms with Crippen LogP contribution in [0.4, 0.5) is 23.2 Å². The molecule has 176 valence electrons. The first-order valence-corrected chi connectivity index (χ1v) is 10.4. The molecule has 0 spiro atoms. The number of fused-ring (bicyclic) bond motifs is 1. The average molecular weight is 479 g/mol. The Balaban J connectivity index is 1.79. The summed E-state index contributed by atoms with van der Waals surface area (Å²) in [5.74, 6) is -1.58. The highest BCUT2D eigenvalue weighted by molar-refractivity contribution is 5.98. The van der Waals surface area contributed by atoms with Crippen LogP contribution in [0.25, 0.3) is 33.3 Å². The first kappa shape index (κ1) is 23.7. The van der Waals surface area contributed by atoms with Crippen molar-refractivity contribution < 1.29 is 27.5 Å². The van der Waals surface area contributed by atoms with Gasteiger partial charge in [0.05, 0.1) is 28.9 Å². The van der Waals surface area contributed by atoms with Crippen molar-refractivity contribution in [2.75, 3.05) is 11.9 Å². The summed E-state index contributed by atoms with van der Waals surface area (Å²) < 4.78 is 53.2. The van der Waals surface area contributed by atoms with Crippen LogP contribution in [-0.2, 0) is 11.0 Å². The van der Waals surface area contributed by atoms with Crippen LogP contribution in [0.2, 0.25) is 0 Å². The Hall–Kier alpha value is -4.45. The van der Waals surface area contributed by atoms with Gasteiger partial charge in [-0.3, -0.25) is 4.79 Å². The predicted octanol–water partition coefficient (Wildman–Crippen LogP) is 6.48. The molecule has 2 N–H and O–H groups in total. The van der Waals surface area contributed by atoms with Gasteiger partial charge < -0.3 is 10.4 Å². The van der Waals surface area contributed by atoms with Crippen LogP contribution in [-0.4, -0.2) is 22.6 Å². The fourth-order valence-corrected chi connectivity index (χ4v) is 3.73. The zero-order chi connectivity index (χ0) is 25.2. The van der Waals surface area contributed by atoms with Gasteiger partial charge in [-0.2, -0.15) is 18.4 Å². The minimum absolute atomic E-state index is 0.00750. The number of hydrogen-bond donors (Lipinski definition) is 2. The second-order valence-electron chi connectivity index (χ2n) is 7.71. The smallest absolute Gasteiger partial charge is 0.416 e. The van der Waals surface area contributed by atoms with Gasteiger partial charge in [0.1, 0.15) is 17.4 Å². The maximum Gasteiger partial charge on any atom is 0.416 e. The quantitative estimate of drug-likeness (QED) is 0.309. The number of anilines is 1. The van der Waals surface area contributed by atoms with E-state index in [1.54, 1.807) is 30.3 Å². The van der Waals surface area contributed by atoms with E-state index in [-0.39, 0.29) is 29.9 Å². The summed E-state index contributed by atoms with van der Waals surface area (Å²) in [5.41, 5.74) is 1.71. The molecule has 5 nitrogen and oxygen atoms in total. The monoisotopic (exact) mass is 479 g/mol. The second-order valence-corrected chi connectivity index (χ2v) is 7.71. The molecule has 0 bridgehead atoms. The van der Waals surface area contributed by atoms with E-state index in [0.29, 0.717) is 27.6 Å². The second kappa shape index (κ2) is 9.43. The Bertz CT molecular complexity index is 1460. The van der Waals surface area contributed by atoms with Crippen LogP contribution in [0.3, 0.4) is 0 Å². The number of carboxylic acid groups (broad SMARTS) is 1. The number of alkyl halides is 3. The zero-order valence-corrected chi connectivity index (χ0v) is 18.0. The summed E-state index contributed by atoms with van der Waals surface area (Å²) in [7, 11) is 0. The lowest BCUT2D eigenvalue weighted by molar-refractivity contribution is -0.138. The number of carbonyl (C=O) groups is 1. The van der Waals surface area contributed by atoms with Crippen LogP contribution in [0.15, 0.2) is 66.7 Å². The summed E-state index contributed by atoms with van der Waals surface area (Å²) in [4.78, 5) is 15.5. The van der Waals surface area contributed by atoms with E-state index in [1.165, 1.54) is 24.3 Å². The molecule has 1 aromatic heterocycles. The van der Waals surface area contributed by atoms with Gasteiger partial charge in [-0.25, -0.2) is 9.37 Å². The first-order valence-electron chi connectivity index (χ1n) is 10.4. The van der Waals surface area contributed by atoms with Gasteiger partial charge in [-0.05, 0) is 41.5 Å². The molecule has 0 saturated heterocycles. The van der Waals surface area contributed by atoms with Crippen molar-refractivity contribution in [2.24, 2.45) is 0 Å². The Kier molecular flexibility index (Phi) is 6.38. The summed E-state index contributed by atoms with van der Waals surface area (Å²) in [6.07, 6.45) is -4.68. The Labute approximate surface area is 197 Å². The number of hydrogen-bond acceptors (Lipinski definition) is 4. The highest BCUT2D eigenvalue weighted by Gasteiger charge is 2.30. The third-order valence-corrected chi connectivity index (χ3v) is 5.38. The predicted molar refractivity (Wildman–Crippen MR) is 123 cm³/mol. The van der Waals surface area contributed by atoms with Crippen molar-refractivity contribution in [1.29, 1.82) is 5.26 Å². The molecule has 0 unspecified atom stereocenters. The molecule has 0 aliphatic rings. The van der Waals surface area contributed by atoms with Gasteiger partial charge in [-0.15, -0.1) is 0 Å². The molecule has 0 aliphatic heterocycles.